The van der Waals surface area contributed by atoms with Crippen molar-refractivity contribution in [3.8, 4) is 22.4 Å². The summed E-state index contributed by atoms with van der Waals surface area (Å²) in [6, 6.07) is 9.75. The average molecular weight is 334 g/mol. The van der Waals surface area contributed by atoms with Crippen molar-refractivity contribution in [2.24, 2.45) is 0 Å². The molecule has 0 radical (unpaired) electrons. The van der Waals surface area contributed by atoms with Crippen LogP contribution in [0, 0.1) is 0 Å². The van der Waals surface area contributed by atoms with Crippen LogP contribution >= 0.6 is 11.3 Å². The van der Waals surface area contributed by atoms with E-state index >= 15 is 0 Å². The minimum Gasteiger partial charge on any atom is -0.467 e. The summed E-state index contributed by atoms with van der Waals surface area (Å²) in [5.74, 6) is 1.40. The zero-order chi connectivity index (χ0) is 16.2. The molecule has 4 aromatic rings. The summed E-state index contributed by atoms with van der Waals surface area (Å²) in [5.41, 5.74) is 3.92. The Hall–Kier alpha value is -2.99. The molecule has 1 N–H and O–H groups in total. The van der Waals surface area contributed by atoms with Crippen LogP contribution < -0.4 is 5.32 Å². The monoisotopic (exact) mass is 334 g/mol. The van der Waals surface area contributed by atoms with Gasteiger partial charge in [-0.3, -0.25) is 4.98 Å². The first-order valence-corrected chi connectivity index (χ1v) is 8.41. The maximum absolute atomic E-state index is 5.33. The number of hydrogen-bond acceptors (Lipinski definition) is 6. The Bertz CT molecular complexity index is 906. The molecule has 0 spiro atoms. The number of thiophene rings is 1. The first-order valence-electron chi connectivity index (χ1n) is 7.46. The van der Waals surface area contributed by atoms with Gasteiger partial charge in [0.15, 0.2) is 0 Å². The molecule has 0 aromatic carbocycles. The minimum atomic E-state index is 0.539. The van der Waals surface area contributed by atoms with E-state index in [1.807, 2.05) is 42.0 Å². The second-order valence-electron chi connectivity index (χ2n) is 5.14. The first-order chi connectivity index (χ1) is 11.9. The molecule has 0 bridgehead atoms. The lowest BCUT2D eigenvalue weighted by Gasteiger charge is -2.10. The Morgan fingerprint density at radius 2 is 2.08 bits per heavy atom. The van der Waals surface area contributed by atoms with E-state index in [4.69, 9.17) is 9.40 Å². The Kier molecular flexibility index (Phi) is 4.04. The van der Waals surface area contributed by atoms with Crippen molar-refractivity contribution in [3.63, 3.8) is 0 Å². The van der Waals surface area contributed by atoms with Crippen LogP contribution in [-0.2, 0) is 6.54 Å². The van der Waals surface area contributed by atoms with Crippen molar-refractivity contribution in [2.75, 3.05) is 5.32 Å². The van der Waals surface area contributed by atoms with Crippen molar-refractivity contribution in [1.82, 2.24) is 15.0 Å². The summed E-state index contributed by atoms with van der Waals surface area (Å²) in [6.07, 6.45) is 7.07. The van der Waals surface area contributed by atoms with Crippen molar-refractivity contribution in [3.05, 3.63) is 71.7 Å². The molecule has 0 amide bonds. The van der Waals surface area contributed by atoms with E-state index in [1.54, 1.807) is 23.8 Å². The Labute approximate surface area is 143 Å². The van der Waals surface area contributed by atoms with Gasteiger partial charge in [-0.1, -0.05) is 0 Å². The predicted molar refractivity (Wildman–Crippen MR) is 94.6 cm³/mol. The number of nitrogens with one attached hydrogen (secondary N) is 1. The van der Waals surface area contributed by atoms with Crippen LogP contribution in [0.2, 0.25) is 0 Å². The second kappa shape index (κ2) is 6.64. The molecule has 5 nitrogen and oxygen atoms in total. The van der Waals surface area contributed by atoms with Crippen LogP contribution in [0.4, 0.5) is 5.95 Å². The number of furan rings is 1. The average Bonchev–Trinajstić information content (AvgIpc) is 3.34. The quantitative estimate of drug-likeness (QED) is 0.583. The van der Waals surface area contributed by atoms with Gasteiger partial charge in [-0.2, -0.15) is 11.3 Å². The van der Waals surface area contributed by atoms with Gasteiger partial charge in [0.25, 0.3) is 0 Å². The van der Waals surface area contributed by atoms with Crippen LogP contribution in [0.1, 0.15) is 5.76 Å². The van der Waals surface area contributed by atoms with E-state index in [1.165, 1.54) is 0 Å². The lowest BCUT2D eigenvalue weighted by Crippen LogP contribution is -2.04. The summed E-state index contributed by atoms with van der Waals surface area (Å²) in [7, 11) is 0. The third kappa shape index (κ3) is 3.04. The first kappa shape index (κ1) is 14.6. The molecule has 0 aliphatic rings. The molecule has 118 valence electrons. The molecule has 0 saturated heterocycles. The molecule has 0 aliphatic heterocycles. The van der Waals surface area contributed by atoms with E-state index in [-0.39, 0.29) is 0 Å². The third-order valence-electron chi connectivity index (χ3n) is 3.56. The van der Waals surface area contributed by atoms with Crippen LogP contribution in [0.15, 0.2) is 70.4 Å². The molecule has 0 aliphatic carbocycles. The van der Waals surface area contributed by atoms with E-state index in [2.05, 4.69) is 26.7 Å². The summed E-state index contributed by atoms with van der Waals surface area (Å²) in [5, 5.41) is 7.33. The molecule has 4 rings (SSSR count). The van der Waals surface area contributed by atoms with Crippen molar-refractivity contribution in [1.29, 1.82) is 0 Å². The van der Waals surface area contributed by atoms with Gasteiger partial charge in [-0.25, -0.2) is 9.97 Å². The van der Waals surface area contributed by atoms with Gasteiger partial charge in [0.1, 0.15) is 5.76 Å². The topological polar surface area (TPSA) is 63.8 Å². The zero-order valence-electron chi connectivity index (χ0n) is 12.7. The van der Waals surface area contributed by atoms with Crippen LogP contribution in [-0.4, -0.2) is 15.0 Å². The molecule has 0 unspecified atom stereocenters. The largest absolute Gasteiger partial charge is 0.467 e. The van der Waals surface area contributed by atoms with E-state index in [9.17, 15) is 0 Å². The van der Waals surface area contributed by atoms with E-state index < -0.39 is 0 Å². The Morgan fingerprint density at radius 1 is 1.08 bits per heavy atom. The normalized spacial score (nSPS) is 10.7. The molecule has 6 heteroatoms. The molecular weight excluding hydrogens is 320 g/mol. The number of rotatable bonds is 5. The van der Waals surface area contributed by atoms with E-state index in [0.29, 0.717) is 12.5 Å². The van der Waals surface area contributed by atoms with Crippen molar-refractivity contribution >= 4 is 17.3 Å². The number of nitrogens with zero attached hydrogens (tertiary/aromatic N) is 3. The molecule has 4 heterocycles. The number of pyridine rings is 1. The maximum atomic E-state index is 5.33. The van der Waals surface area contributed by atoms with Crippen molar-refractivity contribution < 1.29 is 4.42 Å². The third-order valence-corrected chi connectivity index (χ3v) is 4.24. The zero-order valence-corrected chi connectivity index (χ0v) is 13.5. The van der Waals surface area contributed by atoms with Crippen LogP contribution in [0.5, 0.6) is 0 Å². The highest BCUT2D eigenvalue weighted by Crippen LogP contribution is 2.31. The predicted octanol–water partition coefficient (Wildman–Crippen LogP) is 4.47. The SMILES string of the molecule is c1cncc(-c2nc(NCc3ccco3)ncc2-c2ccsc2)c1. The summed E-state index contributed by atoms with van der Waals surface area (Å²) >= 11 is 1.65. The highest BCUT2D eigenvalue weighted by atomic mass is 32.1. The lowest BCUT2D eigenvalue weighted by atomic mass is 10.0. The fourth-order valence-electron chi connectivity index (χ4n) is 2.40. The fourth-order valence-corrected chi connectivity index (χ4v) is 3.05. The standard InChI is InChI=1S/C18H14N4OS/c1-3-13(9-19-6-1)17-16(14-5-8-24-12-14)11-21-18(22-17)20-10-15-4-2-7-23-15/h1-9,11-12H,10H2,(H,20,21,22). The highest BCUT2D eigenvalue weighted by Gasteiger charge is 2.12. The molecule has 0 atom stereocenters. The lowest BCUT2D eigenvalue weighted by molar-refractivity contribution is 0.517. The summed E-state index contributed by atoms with van der Waals surface area (Å²) in [6.45, 7) is 0.539. The summed E-state index contributed by atoms with van der Waals surface area (Å²) < 4.78 is 5.33. The smallest absolute Gasteiger partial charge is 0.223 e. The fraction of sp³-hybridized carbons (Fsp3) is 0.0556. The molecular formula is C18H14N4OS. The van der Waals surface area contributed by atoms with Gasteiger partial charge >= 0.3 is 0 Å². The van der Waals surface area contributed by atoms with E-state index in [0.717, 1.165) is 28.1 Å². The van der Waals surface area contributed by atoms with Gasteiger partial charge < -0.3 is 9.73 Å². The molecule has 4 aromatic heterocycles. The Morgan fingerprint density at radius 3 is 2.83 bits per heavy atom. The number of anilines is 1. The molecule has 0 fully saturated rings. The number of aromatic nitrogens is 3. The van der Waals surface area contributed by atoms with Gasteiger partial charge in [-0.15, -0.1) is 0 Å². The second-order valence-corrected chi connectivity index (χ2v) is 5.92. The number of hydrogen-bond donors (Lipinski definition) is 1. The van der Waals surface area contributed by atoms with Gasteiger partial charge in [0.05, 0.1) is 18.5 Å². The minimum absolute atomic E-state index is 0.539. The van der Waals surface area contributed by atoms with Crippen LogP contribution in [0.3, 0.4) is 0 Å². The summed E-state index contributed by atoms with van der Waals surface area (Å²) in [4.78, 5) is 13.3. The van der Waals surface area contributed by atoms with Crippen molar-refractivity contribution in [2.45, 2.75) is 6.54 Å². The highest BCUT2D eigenvalue weighted by molar-refractivity contribution is 7.08. The van der Waals surface area contributed by atoms with Gasteiger partial charge in [-0.05, 0) is 46.7 Å². The Balaban J connectivity index is 1.71. The van der Waals surface area contributed by atoms with Gasteiger partial charge in [0.2, 0.25) is 5.95 Å². The molecule has 24 heavy (non-hydrogen) atoms. The van der Waals surface area contributed by atoms with Gasteiger partial charge in [0, 0.05) is 29.7 Å². The maximum Gasteiger partial charge on any atom is 0.223 e. The van der Waals surface area contributed by atoms with Crippen LogP contribution in [0.25, 0.3) is 22.4 Å². The molecule has 0 saturated carbocycles.